The first kappa shape index (κ1) is 16.7. The lowest BCUT2D eigenvalue weighted by Gasteiger charge is -2.14. The van der Waals surface area contributed by atoms with E-state index in [9.17, 15) is 9.59 Å². The molecule has 0 atom stereocenters. The van der Waals surface area contributed by atoms with Crippen LogP contribution in [0.3, 0.4) is 0 Å². The first-order valence-corrected chi connectivity index (χ1v) is 8.85. The molecule has 2 heterocycles. The largest absolute Gasteiger partial charge is 0.465 e. The number of ether oxygens (including phenoxy) is 2. The van der Waals surface area contributed by atoms with Gasteiger partial charge in [0.15, 0.2) is 0 Å². The molecule has 0 saturated heterocycles. The minimum Gasteiger partial charge on any atom is -0.465 e. The van der Waals surface area contributed by atoms with Gasteiger partial charge in [-0.25, -0.2) is 19.6 Å². The van der Waals surface area contributed by atoms with Crippen LogP contribution in [0.15, 0.2) is 12.1 Å². The normalized spacial score (nSPS) is 14.7. The maximum absolute atomic E-state index is 12.4. The van der Waals surface area contributed by atoms with Crippen LogP contribution >= 0.6 is 0 Å². The fraction of sp³-hybridized carbons (Fsp3) is 0.400. The molecular formula is C20H20N2O4. The van der Waals surface area contributed by atoms with Crippen molar-refractivity contribution in [1.29, 1.82) is 0 Å². The smallest absolute Gasteiger partial charge is 0.340 e. The van der Waals surface area contributed by atoms with Crippen LogP contribution in [-0.4, -0.2) is 36.1 Å². The summed E-state index contributed by atoms with van der Waals surface area (Å²) in [6.45, 7) is 0. The molecule has 0 aliphatic heterocycles. The minimum atomic E-state index is -0.472. The highest BCUT2D eigenvalue weighted by Gasteiger charge is 2.28. The number of nitrogens with zero attached hydrogens (tertiary/aromatic N) is 2. The highest BCUT2D eigenvalue weighted by Crippen LogP contribution is 2.33. The highest BCUT2D eigenvalue weighted by atomic mass is 16.5. The zero-order valence-corrected chi connectivity index (χ0v) is 14.9. The second kappa shape index (κ2) is 6.52. The van der Waals surface area contributed by atoms with Crippen molar-refractivity contribution in [2.75, 3.05) is 14.2 Å². The summed E-state index contributed by atoms with van der Waals surface area (Å²) in [7, 11) is 2.69. The van der Waals surface area contributed by atoms with E-state index in [0.29, 0.717) is 22.5 Å². The van der Waals surface area contributed by atoms with Crippen molar-refractivity contribution < 1.29 is 19.1 Å². The van der Waals surface area contributed by atoms with Gasteiger partial charge in [0.25, 0.3) is 0 Å². The van der Waals surface area contributed by atoms with Crippen LogP contribution < -0.4 is 0 Å². The molecule has 0 unspecified atom stereocenters. The lowest BCUT2D eigenvalue weighted by Crippen LogP contribution is -2.13. The number of hydrogen-bond donors (Lipinski definition) is 0. The average molecular weight is 352 g/mol. The molecule has 2 aromatic heterocycles. The van der Waals surface area contributed by atoms with Crippen molar-refractivity contribution in [1.82, 2.24) is 9.97 Å². The summed E-state index contributed by atoms with van der Waals surface area (Å²) >= 11 is 0. The monoisotopic (exact) mass is 352 g/mol. The fourth-order valence-corrected chi connectivity index (χ4v) is 3.84. The summed E-state index contributed by atoms with van der Waals surface area (Å²) in [5.41, 5.74) is 5.58. The molecule has 0 bridgehead atoms. The number of hydrogen-bond acceptors (Lipinski definition) is 6. The van der Waals surface area contributed by atoms with Crippen LogP contribution in [0.4, 0.5) is 0 Å². The van der Waals surface area contributed by atoms with Crippen LogP contribution in [0.25, 0.3) is 11.4 Å². The van der Waals surface area contributed by atoms with Crippen LogP contribution in [0.5, 0.6) is 0 Å². The Labute approximate surface area is 151 Å². The van der Waals surface area contributed by atoms with Gasteiger partial charge in [0.2, 0.25) is 0 Å². The third-order valence-electron chi connectivity index (χ3n) is 5.14. The predicted molar refractivity (Wildman–Crippen MR) is 94.2 cm³/mol. The summed E-state index contributed by atoms with van der Waals surface area (Å²) in [4.78, 5) is 34.2. The third-order valence-corrected chi connectivity index (χ3v) is 5.14. The van der Waals surface area contributed by atoms with Crippen molar-refractivity contribution >= 4 is 11.9 Å². The van der Waals surface area contributed by atoms with Crippen molar-refractivity contribution in [2.24, 2.45) is 0 Å². The molecule has 2 aliphatic rings. The van der Waals surface area contributed by atoms with E-state index in [1.807, 2.05) is 12.1 Å². The number of aryl methyl sites for hydroxylation is 4. The second-order valence-corrected chi connectivity index (χ2v) is 6.67. The van der Waals surface area contributed by atoms with Crippen molar-refractivity contribution in [3.63, 3.8) is 0 Å². The van der Waals surface area contributed by atoms with Crippen molar-refractivity contribution in [3.05, 3.63) is 45.8 Å². The molecule has 0 amide bonds. The van der Waals surface area contributed by atoms with Crippen LogP contribution in [0.2, 0.25) is 0 Å². The molecule has 0 fully saturated rings. The summed E-state index contributed by atoms with van der Waals surface area (Å²) in [5, 5.41) is 0. The molecule has 0 spiro atoms. The Kier molecular flexibility index (Phi) is 4.18. The highest BCUT2D eigenvalue weighted by molar-refractivity contribution is 6.01. The second-order valence-electron chi connectivity index (χ2n) is 6.67. The molecule has 0 saturated carbocycles. The molecule has 6 heteroatoms. The summed E-state index contributed by atoms with van der Waals surface area (Å²) in [6.07, 6.45) is 5.54. The van der Waals surface area contributed by atoms with Gasteiger partial charge in [-0.1, -0.05) is 0 Å². The lowest BCUT2D eigenvalue weighted by atomic mass is 10.0. The maximum atomic E-state index is 12.4. The lowest BCUT2D eigenvalue weighted by molar-refractivity contribution is 0.0589. The van der Waals surface area contributed by atoms with Crippen molar-refractivity contribution in [3.8, 4) is 11.4 Å². The average Bonchev–Trinajstić information content (AvgIpc) is 3.32. The molecule has 2 aliphatic carbocycles. The molecular weight excluding hydrogens is 332 g/mol. The van der Waals surface area contributed by atoms with E-state index in [2.05, 4.69) is 0 Å². The third kappa shape index (κ3) is 2.66. The van der Waals surface area contributed by atoms with Gasteiger partial charge in [0.1, 0.15) is 11.4 Å². The SMILES string of the molecule is COC(=O)c1cc2c(nc1-c1nc3c(cc1C(=O)OC)CCC3)CCC2. The Balaban J connectivity index is 1.97. The van der Waals surface area contributed by atoms with E-state index in [4.69, 9.17) is 19.4 Å². The number of carbonyl (C=O) groups is 2. The van der Waals surface area contributed by atoms with Crippen LogP contribution in [-0.2, 0) is 35.2 Å². The van der Waals surface area contributed by atoms with Crippen molar-refractivity contribution in [2.45, 2.75) is 38.5 Å². The first-order valence-electron chi connectivity index (χ1n) is 8.85. The number of rotatable bonds is 3. The molecule has 4 rings (SSSR count). The zero-order valence-electron chi connectivity index (χ0n) is 14.9. The number of carbonyl (C=O) groups excluding carboxylic acids is 2. The molecule has 2 aromatic rings. The number of pyridine rings is 2. The van der Waals surface area contributed by atoms with Gasteiger partial charge in [-0.3, -0.25) is 0 Å². The molecule has 6 nitrogen and oxygen atoms in total. The van der Waals surface area contributed by atoms with E-state index in [1.165, 1.54) is 14.2 Å². The van der Waals surface area contributed by atoms with Gasteiger partial charge < -0.3 is 9.47 Å². The quantitative estimate of drug-likeness (QED) is 0.791. The standard InChI is InChI=1S/C20H20N2O4/c1-25-19(23)13-9-11-5-3-7-15(11)21-17(13)18-14(20(24)26-2)10-12-6-4-8-16(12)22-18/h9-10H,3-8H2,1-2H3. The number of methoxy groups -OCH3 is 2. The predicted octanol–water partition coefficient (Wildman–Crippen LogP) is 2.69. The van der Waals surface area contributed by atoms with Gasteiger partial charge in [-0.2, -0.15) is 0 Å². The van der Waals surface area contributed by atoms with E-state index < -0.39 is 11.9 Å². The van der Waals surface area contributed by atoms with E-state index >= 15 is 0 Å². The maximum Gasteiger partial charge on any atom is 0.340 e. The summed E-state index contributed by atoms with van der Waals surface area (Å²) in [5.74, 6) is -0.944. The van der Waals surface area contributed by atoms with Gasteiger partial charge in [-0.15, -0.1) is 0 Å². The summed E-state index contributed by atoms with van der Waals surface area (Å²) in [6, 6.07) is 3.68. The number of fused-ring (bicyclic) bond motifs is 2. The van der Waals surface area contributed by atoms with Crippen LogP contribution in [0, 0.1) is 0 Å². The van der Waals surface area contributed by atoms with Gasteiger partial charge in [0, 0.05) is 11.4 Å². The molecule has 26 heavy (non-hydrogen) atoms. The Bertz CT molecular complexity index is 845. The molecule has 0 N–H and O–H groups in total. The summed E-state index contributed by atoms with van der Waals surface area (Å²) < 4.78 is 9.91. The molecule has 0 aromatic carbocycles. The Hall–Kier alpha value is -2.76. The van der Waals surface area contributed by atoms with Gasteiger partial charge >= 0.3 is 11.9 Å². The number of aromatic nitrogens is 2. The number of esters is 2. The Morgan fingerprint density at radius 1 is 0.769 bits per heavy atom. The topological polar surface area (TPSA) is 78.4 Å². The first-order chi connectivity index (χ1) is 12.6. The van der Waals surface area contributed by atoms with E-state index in [1.54, 1.807) is 0 Å². The van der Waals surface area contributed by atoms with Crippen LogP contribution in [0.1, 0.15) is 56.1 Å². The van der Waals surface area contributed by atoms with E-state index in [0.717, 1.165) is 61.0 Å². The zero-order chi connectivity index (χ0) is 18.3. The minimum absolute atomic E-state index is 0.351. The molecule has 134 valence electrons. The van der Waals surface area contributed by atoms with E-state index in [-0.39, 0.29) is 0 Å². The van der Waals surface area contributed by atoms with Gasteiger partial charge in [0.05, 0.1) is 25.3 Å². The Morgan fingerprint density at radius 2 is 1.19 bits per heavy atom. The fourth-order valence-electron chi connectivity index (χ4n) is 3.84. The van der Waals surface area contributed by atoms with Gasteiger partial charge in [-0.05, 0) is 61.8 Å². The molecule has 0 radical (unpaired) electrons. The Morgan fingerprint density at radius 3 is 1.58 bits per heavy atom.